The van der Waals surface area contributed by atoms with E-state index in [1.165, 1.54) is 38.4 Å². The molecule has 1 aliphatic heterocycles. The third-order valence-corrected chi connectivity index (χ3v) is 4.72. The van der Waals surface area contributed by atoms with Crippen LogP contribution >= 0.6 is 0 Å². The van der Waals surface area contributed by atoms with E-state index in [1.807, 2.05) is 6.07 Å². The normalized spacial score (nSPS) is 16.9. The molecular formula is C19H31FN4. The quantitative estimate of drug-likeness (QED) is 0.621. The maximum Gasteiger partial charge on any atom is 0.191 e. The Labute approximate surface area is 145 Å². The van der Waals surface area contributed by atoms with Gasteiger partial charge in [-0.3, -0.25) is 9.89 Å². The Hall–Kier alpha value is -1.62. The van der Waals surface area contributed by atoms with Crippen molar-refractivity contribution < 1.29 is 4.39 Å². The molecule has 1 aromatic rings. The van der Waals surface area contributed by atoms with Crippen LogP contribution in [0.3, 0.4) is 0 Å². The fourth-order valence-electron chi connectivity index (χ4n) is 3.15. The minimum absolute atomic E-state index is 0.112. The molecule has 4 nitrogen and oxygen atoms in total. The summed E-state index contributed by atoms with van der Waals surface area (Å²) in [4.78, 5) is 6.85. The second kappa shape index (κ2) is 9.02. The molecule has 0 spiro atoms. The number of aliphatic imine (C=N–C) groups is 1. The Morgan fingerprint density at radius 1 is 1.21 bits per heavy atom. The summed E-state index contributed by atoms with van der Waals surface area (Å²) in [5, 5.41) is 6.74. The fraction of sp³-hybridized carbons (Fsp3) is 0.632. The molecule has 2 N–H and O–H groups in total. The van der Waals surface area contributed by atoms with Crippen molar-refractivity contribution in [3.63, 3.8) is 0 Å². The molecule has 1 aliphatic rings. The van der Waals surface area contributed by atoms with Crippen LogP contribution in [-0.4, -0.2) is 49.6 Å². The Kier molecular flexibility index (Phi) is 7.03. The summed E-state index contributed by atoms with van der Waals surface area (Å²) in [6, 6.07) is 6.75. The van der Waals surface area contributed by atoms with Crippen LogP contribution in [0.25, 0.3) is 0 Å². The molecular weight excluding hydrogens is 303 g/mol. The van der Waals surface area contributed by atoms with Crippen molar-refractivity contribution in [2.24, 2.45) is 4.99 Å². The van der Waals surface area contributed by atoms with E-state index in [-0.39, 0.29) is 11.4 Å². The summed E-state index contributed by atoms with van der Waals surface area (Å²) in [7, 11) is 1.78. The minimum atomic E-state index is -0.182. The number of halogens is 1. The Bertz CT molecular complexity index is 536. The Morgan fingerprint density at radius 3 is 2.62 bits per heavy atom. The average Bonchev–Trinajstić information content (AvgIpc) is 2.59. The molecule has 5 heteroatoms. The van der Waals surface area contributed by atoms with Gasteiger partial charge in [0, 0.05) is 25.7 Å². The van der Waals surface area contributed by atoms with Crippen molar-refractivity contribution in [1.29, 1.82) is 0 Å². The van der Waals surface area contributed by atoms with Gasteiger partial charge in [0.2, 0.25) is 0 Å². The molecule has 0 amide bonds. The van der Waals surface area contributed by atoms with Gasteiger partial charge in [-0.1, -0.05) is 18.6 Å². The van der Waals surface area contributed by atoms with Crippen molar-refractivity contribution in [3.05, 3.63) is 35.6 Å². The molecule has 0 aliphatic carbocycles. The number of likely N-dealkylation sites (tertiary alicyclic amines) is 1. The van der Waals surface area contributed by atoms with Gasteiger partial charge in [0.1, 0.15) is 5.82 Å². The molecule has 0 atom stereocenters. The van der Waals surface area contributed by atoms with Crippen LogP contribution in [0.15, 0.2) is 29.3 Å². The van der Waals surface area contributed by atoms with Crippen LogP contribution < -0.4 is 10.6 Å². The second-order valence-electron chi connectivity index (χ2n) is 7.09. The molecule has 0 bridgehead atoms. The van der Waals surface area contributed by atoms with Crippen LogP contribution in [0.1, 0.15) is 38.7 Å². The van der Waals surface area contributed by atoms with Gasteiger partial charge in [0.15, 0.2) is 5.96 Å². The molecule has 134 valence electrons. The molecule has 1 saturated heterocycles. The van der Waals surface area contributed by atoms with Gasteiger partial charge in [0.25, 0.3) is 0 Å². The van der Waals surface area contributed by atoms with Crippen molar-refractivity contribution in [1.82, 2.24) is 15.5 Å². The largest absolute Gasteiger partial charge is 0.356 e. The number of hydrogen-bond acceptors (Lipinski definition) is 2. The molecule has 2 rings (SSSR count). The van der Waals surface area contributed by atoms with Crippen LogP contribution in [0.4, 0.5) is 4.39 Å². The highest BCUT2D eigenvalue weighted by molar-refractivity contribution is 5.79. The van der Waals surface area contributed by atoms with Crippen LogP contribution in [-0.2, 0) is 6.42 Å². The van der Waals surface area contributed by atoms with E-state index in [0.29, 0.717) is 0 Å². The van der Waals surface area contributed by atoms with E-state index in [4.69, 9.17) is 0 Å². The number of nitrogens with one attached hydrogen (secondary N) is 2. The number of nitrogens with zero attached hydrogens (tertiary/aromatic N) is 2. The van der Waals surface area contributed by atoms with E-state index < -0.39 is 0 Å². The van der Waals surface area contributed by atoms with Gasteiger partial charge in [-0.2, -0.15) is 0 Å². The van der Waals surface area contributed by atoms with E-state index in [9.17, 15) is 4.39 Å². The highest BCUT2D eigenvalue weighted by atomic mass is 19.1. The van der Waals surface area contributed by atoms with Gasteiger partial charge in [-0.05, 0) is 63.9 Å². The molecule has 0 saturated carbocycles. The summed E-state index contributed by atoms with van der Waals surface area (Å²) in [6.07, 6.45) is 4.71. The number of benzene rings is 1. The summed E-state index contributed by atoms with van der Waals surface area (Å²) < 4.78 is 13.2. The van der Waals surface area contributed by atoms with Gasteiger partial charge < -0.3 is 10.6 Å². The van der Waals surface area contributed by atoms with Crippen molar-refractivity contribution >= 4 is 5.96 Å². The highest BCUT2D eigenvalue weighted by Crippen LogP contribution is 2.19. The smallest absolute Gasteiger partial charge is 0.191 e. The Balaban J connectivity index is 1.75. The van der Waals surface area contributed by atoms with E-state index >= 15 is 0 Å². The van der Waals surface area contributed by atoms with Gasteiger partial charge in [-0.15, -0.1) is 0 Å². The standard InChI is InChI=1S/C19H31FN4/c1-19(2,24-12-5-4-6-13-24)15-23-18(21-3)22-11-10-16-8-7-9-17(20)14-16/h7-9,14H,4-6,10-13,15H2,1-3H3,(H2,21,22,23). The highest BCUT2D eigenvalue weighted by Gasteiger charge is 2.27. The van der Waals surface area contributed by atoms with Gasteiger partial charge in [-0.25, -0.2) is 4.39 Å². The van der Waals surface area contributed by atoms with Crippen molar-refractivity contribution in [2.45, 2.75) is 45.1 Å². The lowest BCUT2D eigenvalue weighted by Crippen LogP contribution is -2.55. The van der Waals surface area contributed by atoms with E-state index in [0.717, 1.165) is 31.0 Å². The molecule has 1 heterocycles. The number of rotatable bonds is 6. The minimum Gasteiger partial charge on any atom is -0.356 e. The molecule has 0 aromatic heterocycles. The molecule has 0 radical (unpaired) electrons. The maximum atomic E-state index is 13.2. The number of guanidine groups is 1. The summed E-state index contributed by atoms with van der Waals surface area (Å²) >= 11 is 0. The monoisotopic (exact) mass is 334 g/mol. The Morgan fingerprint density at radius 2 is 1.96 bits per heavy atom. The molecule has 1 fully saturated rings. The summed E-state index contributed by atoms with van der Waals surface area (Å²) in [5.41, 5.74) is 1.10. The number of hydrogen-bond donors (Lipinski definition) is 2. The zero-order valence-corrected chi connectivity index (χ0v) is 15.2. The predicted octanol–water partition coefficient (Wildman–Crippen LogP) is 2.80. The van der Waals surface area contributed by atoms with Crippen LogP contribution in [0.2, 0.25) is 0 Å². The van der Waals surface area contributed by atoms with E-state index in [2.05, 4.69) is 34.4 Å². The first kappa shape index (κ1) is 18.7. The predicted molar refractivity (Wildman–Crippen MR) is 99.0 cm³/mol. The zero-order valence-electron chi connectivity index (χ0n) is 15.2. The lowest BCUT2D eigenvalue weighted by atomic mass is 9.98. The molecule has 24 heavy (non-hydrogen) atoms. The SMILES string of the molecule is CN=C(NCCc1cccc(F)c1)NCC(C)(C)N1CCCCC1. The second-order valence-corrected chi connectivity index (χ2v) is 7.09. The molecule has 0 unspecified atom stereocenters. The zero-order chi connectivity index (χ0) is 17.4. The third kappa shape index (κ3) is 5.78. The van der Waals surface area contributed by atoms with Crippen LogP contribution in [0, 0.1) is 5.82 Å². The van der Waals surface area contributed by atoms with E-state index in [1.54, 1.807) is 19.2 Å². The summed E-state index contributed by atoms with van der Waals surface area (Å²) in [5.74, 6) is 0.620. The first-order valence-corrected chi connectivity index (χ1v) is 8.95. The third-order valence-electron chi connectivity index (χ3n) is 4.72. The van der Waals surface area contributed by atoms with Gasteiger partial charge >= 0.3 is 0 Å². The van der Waals surface area contributed by atoms with Gasteiger partial charge in [0.05, 0.1) is 0 Å². The topological polar surface area (TPSA) is 39.7 Å². The van der Waals surface area contributed by atoms with Crippen molar-refractivity contribution in [3.8, 4) is 0 Å². The average molecular weight is 334 g/mol. The van der Waals surface area contributed by atoms with Crippen LogP contribution in [0.5, 0.6) is 0 Å². The fourth-order valence-corrected chi connectivity index (χ4v) is 3.15. The lowest BCUT2D eigenvalue weighted by molar-refractivity contribution is 0.0982. The lowest BCUT2D eigenvalue weighted by Gasteiger charge is -2.41. The van der Waals surface area contributed by atoms with Crippen molar-refractivity contribution in [2.75, 3.05) is 33.2 Å². The summed E-state index contributed by atoms with van der Waals surface area (Å²) in [6.45, 7) is 8.51. The number of piperidine rings is 1. The maximum absolute atomic E-state index is 13.2. The molecule has 1 aromatic carbocycles. The first-order valence-electron chi connectivity index (χ1n) is 8.95. The first-order chi connectivity index (χ1) is 11.5.